The molecule has 0 aliphatic heterocycles. The number of amides is 1. The van der Waals surface area contributed by atoms with E-state index in [-0.39, 0.29) is 10.7 Å². The summed E-state index contributed by atoms with van der Waals surface area (Å²) in [5.74, 6) is -0.497. The van der Waals surface area contributed by atoms with E-state index in [1.807, 2.05) is 6.07 Å². The predicted octanol–water partition coefficient (Wildman–Crippen LogP) is 6.23. The van der Waals surface area contributed by atoms with E-state index in [0.717, 1.165) is 18.2 Å². The predicted molar refractivity (Wildman–Crippen MR) is 104 cm³/mol. The van der Waals surface area contributed by atoms with Gasteiger partial charge in [-0.15, -0.1) is 0 Å². The van der Waals surface area contributed by atoms with Crippen LogP contribution in [0.2, 0.25) is 5.02 Å². The number of pyridine rings is 1. The second kappa shape index (κ2) is 8.67. The lowest BCUT2D eigenvalue weighted by Crippen LogP contribution is -2.20. The molecule has 0 bridgehead atoms. The third-order valence-electron chi connectivity index (χ3n) is 3.77. The van der Waals surface area contributed by atoms with Crippen LogP contribution in [-0.4, -0.2) is 10.9 Å². The molecule has 0 saturated heterocycles. The van der Waals surface area contributed by atoms with Gasteiger partial charge in [-0.25, -0.2) is 4.98 Å². The molecule has 0 fully saturated rings. The van der Waals surface area contributed by atoms with E-state index >= 15 is 0 Å². The summed E-state index contributed by atoms with van der Waals surface area (Å²) in [6.07, 6.45) is -2.93. The van der Waals surface area contributed by atoms with Gasteiger partial charge in [0.15, 0.2) is 0 Å². The largest absolute Gasteiger partial charge is 0.416 e. The maximum Gasteiger partial charge on any atom is 0.416 e. The van der Waals surface area contributed by atoms with Crippen molar-refractivity contribution in [2.24, 2.45) is 0 Å². The molecular weight excluding hydrogens is 409 g/mol. The second-order valence-corrected chi connectivity index (χ2v) is 7.29. The Bertz CT molecular complexity index is 953. The first-order chi connectivity index (χ1) is 13.3. The first kappa shape index (κ1) is 20.2. The molecule has 0 unspecified atom stereocenters. The maximum absolute atomic E-state index is 13.0. The Balaban J connectivity index is 1.90. The monoisotopic (exact) mass is 422 g/mol. The SMILES string of the molecule is O=C(Nc1cc(C(F)(F)F)ccc1Cl)[C@@H](Sc1ccccn1)c1ccccc1. The van der Waals surface area contributed by atoms with Crippen LogP contribution in [0.3, 0.4) is 0 Å². The van der Waals surface area contributed by atoms with E-state index in [1.54, 1.807) is 48.7 Å². The lowest BCUT2D eigenvalue weighted by atomic mass is 10.1. The van der Waals surface area contributed by atoms with Gasteiger partial charge in [-0.3, -0.25) is 4.79 Å². The van der Waals surface area contributed by atoms with Crippen LogP contribution in [0.5, 0.6) is 0 Å². The van der Waals surface area contributed by atoms with Crippen LogP contribution in [0.25, 0.3) is 0 Å². The molecule has 0 radical (unpaired) electrons. The zero-order chi connectivity index (χ0) is 20.1. The summed E-state index contributed by atoms with van der Waals surface area (Å²) in [6, 6.07) is 17.0. The number of nitrogens with one attached hydrogen (secondary N) is 1. The molecule has 3 nitrogen and oxygen atoms in total. The number of aromatic nitrogens is 1. The minimum Gasteiger partial charge on any atom is -0.323 e. The molecule has 0 spiro atoms. The lowest BCUT2D eigenvalue weighted by Gasteiger charge is -2.18. The third-order valence-corrected chi connectivity index (χ3v) is 5.30. The van der Waals surface area contributed by atoms with Crippen molar-refractivity contribution in [2.75, 3.05) is 5.32 Å². The van der Waals surface area contributed by atoms with Crippen molar-refractivity contribution in [1.82, 2.24) is 4.98 Å². The number of rotatable bonds is 5. The van der Waals surface area contributed by atoms with Gasteiger partial charge in [-0.2, -0.15) is 13.2 Å². The van der Waals surface area contributed by atoms with Crippen LogP contribution in [0.1, 0.15) is 16.4 Å². The van der Waals surface area contributed by atoms with Gasteiger partial charge in [-0.05, 0) is 35.9 Å². The highest BCUT2D eigenvalue weighted by molar-refractivity contribution is 8.00. The van der Waals surface area contributed by atoms with Crippen molar-refractivity contribution in [2.45, 2.75) is 16.5 Å². The number of nitrogens with zero attached hydrogens (tertiary/aromatic N) is 1. The quantitative estimate of drug-likeness (QED) is 0.496. The Morgan fingerprint density at radius 3 is 2.39 bits per heavy atom. The Morgan fingerprint density at radius 2 is 1.75 bits per heavy atom. The summed E-state index contributed by atoms with van der Waals surface area (Å²) in [5.41, 5.74) is -0.288. The van der Waals surface area contributed by atoms with Crippen molar-refractivity contribution in [1.29, 1.82) is 0 Å². The summed E-state index contributed by atoms with van der Waals surface area (Å²) in [5, 5.41) is 2.44. The number of halogens is 4. The van der Waals surface area contributed by atoms with E-state index in [2.05, 4.69) is 10.3 Å². The lowest BCUT2D eigenvalue weighted by molar-refractivity contribution is -0.137. The zero-order valence-electron chi connectivity index (χ0n) is 14.3. The van der Waals surface area contributed by atoms with Gasteiger partial charge in [0.25, 0.3) is 0 Å². The van der Waals surface area contributed by atoms with Gasteiger partial charge < -0.3 is 5.32 Å². The molecule has 0 saturated carbocycles. The normalized spacial score (nSPS) is 12.4. The van der Waals surface area contributed by atoms with Crippen LogP contribution in [0.15, 0.2) is 78.0 Å². The van der Waals surface area contributed by atoms with Gasteiger partial charge in [0.05, 0.1) is 21.3 Å². The summed E-state index contributed by atoms with van der Waals surface area (Å²) < 4.78 is 38.9. The zero-order valence-corrected chi connectivity index (χ0v) is 15.9. The van der Waals surface area contributed by atoms with E-state index in [1.165, 1.54) is 11.8 Å². The number of hydrogen-bond acceptors (Lipinski definition) is 3. The number of benzene rings is 2. The van der Waals surface area contributed by atoms with Crippen LogP contribution in [-0.2, 0) is 11.0 Å². The maximum atomic E-state index is 13.0. The van der Waals surface area contributed by atoms with E-state index < -0.39 is 22.9 Å². The Kier molecular flexibility index (Phi) is 6.26. The molecule has 0 aliphatic rings. The number of hydrogen-bond donors (Lipinski definition) is 1. The van der Waals surface area contributed by atoms with E-state index in [0.29, 0.717) is 10.6 Å². The number of alkyl halides is 3. The van der Waals surface area contributed by atoms with Crippen molar-refractivity contribution in [3.05, 3.63) is 89.1 Å². The highest BCUT2D eigenvalue weighted by atomic mass is 35.5. The van der Waals surface area contributed by atoms with E-state index in [4.69, 9.17) is 11.6 Å². The molecule has 1 amide bonds. The number of anilines is 1. The van der Waals surface area contributed by atoms with Crippen LogP contribution in [0, 0.1) is 0 Å². The molecule has 0 aliphatic carbocycles. The van der Waals surface area contributed by atoms with Gasteiger partial charge in [0, 0.05) is 6.20 Å². The molecule has 8 heteroatoms. The molecule has 3 aromatic rings. The summed E-state index contributed by atoms with van der Waals surface area (Å²) in [7, 11) is 0. The fourth-order valence-corrected chi connectivity index (χ4v) is 3.58. The van der Waals surface area contributed by atoms with Crippen molar-refractivity contribution in [3.63, 3.8) is 0 Å². The first-order valence-electron chi connectivity index (χ1n) is 8.15. The highest BCUT2D eigenvalue weighted by Crippen LogP contribution is 2.37. The topological polar surface area (TPSA) is 42.0 Å². The first-order valence-corrected chi connectivity index (χ1v) is 9.40. The van der Waals surface area contributed by atoms with Crippen molar-refractivity contribution < 1.29 is 18.0 Å². The minimum atomic E-state index is -4.54. The van der Waals surface area contributed by atoms with E-state index in [9.17, 15) is 18.0 Å². The standard InChI is InChI=1S/C20H14ClF3N2OS/c21-15-10-9-14(20(22,23)24)12-16(15)26-19(27)18(13-6-2-1-3-7-13)28-17-8-4-5-11-25-17/h1-12,18H,(H,26,27)/t18-/m0/s1. The molecule has 3 rings (SSSR count). The molecular formula is C20H14ClF3N2OS. The van der Waals surface area contributed by atoms with Crippen molar-refractivity contribution in [3.8, 4) is 0 Å². The van der Waals surface area contributed by atoms with Crippen LogP contribution >= 0.6 is 23.4 Å². The highest BCUT2D eigenvalue weighted by Gasteiger charge is 2.31. The molecule has 28 heavy (non-hydrogen) atoms. The number of carbonyl (C=O) groups excluding carboxylic acids is 1. The third kappa shape index (κ3) is 5.05. The second-order valence-electron chi connectivity index (χ2n) is 5.76. The van der Waals surface area contributed by atoms with Crippen molar-refractivity contribution >= 4 is 35.0 Å². The molecule has 1 aromatic heterocycles. The average molecular weight is 423 g/mol. The molecule has 1 atom stereocenters. The van der Waals surface area contributed by atoms with Gasteiger partial charge >= 0.3 is 6.18 Å². The number of carbonyl (C=O) groups is 1. The fourth-order valence-electron chi connectivity index (χ4n) is 2.43. The van der Waals surface area contributed by atoms with Crippen LogP contribution < -0.4 is 5.32 Å². The van der Waals surface area contributed by atoms with Crippen LogP contribution in [0.4, 0.5) is 18.9 Å². The average Bonchev–Trinajstić information content (AvgIpc) is 2.68. The molecule has 1 N–H and O–H groups in total. The molecule has 144 valence electrons. The summed E-state index contributed by atoms with van der Waals surface area (Å²) in [4.78, 5) is 17.1. The molecule has 1 heterocycles. The molecule has 2 aromatic carbocycles. The Morgan fingerprint density at radius 1 is 1.04 bits per heavy atom. The number of thioether (sulfide) groups is 1. The minimum absolute atomic E-state index is 0.0241. The smallest absolute Gasteiger partial charge is 0.323 e. The summed E-state index contributed by atoms with van der Waals surface area (Å²) in [6.45, 7) is 0. The fraction of sp³-hybridized carbons (Fsp3) is 0.100. The van der Waals surface area contributed by atoms with Gasteiger partial charge in [-0.1, -0.05) is 59.8 Å². The van der Waals surface area contributed by atoms with Gasteiger partial charge in [0.1, 0.15) is 5.25 Å². The van der Waals surface area contributed by atoms with Gasteiger partial charge in [0.2, 0.25) is 5.91 Å². The Labute approximate surface area is 168 Å². The Hall–Kier alpha value is -2.51. The summed E-state index contributed by atoms with van der Waals surface area (Å²) >= 11 is 7.20.